The molecule has 0 aliphatic rings. The molecule has 0 spiro atoms. The van der Waals surface area contributed by atoms with Crippen molar-refractivity contribution in [3.63, 3.8) is 0 Å². The van der Waals surface area contributed by atoms with Crippen LogP contribution in [0, 0.1) is 6.92 Å². The zero-order chi connectivity index (χ0) is 12.8. The minimum Gasteiger partial charge on any atom is -0.313 e. The van der Waals surface area contributed by atoms with E-state index in [0.29, 0.717) is 10.3 Å². The zero-order valence-electron chi connectivity index (χ0n) is 10.4. The fraction of sp³-hybridized carbons (Fsp3) is 0.333. The molecule has 0 radical (unpaired) electrons. The van der Waals surface area contributed by atoms with E-state index in [0.717, 1.165) is 24.3 Å². The van der Waals surface area contributed by atoms with Crippen molar-refractivity contribution in [3.8, 4) is 0 Å². The average molecular weight is 261 g/mol. The van der Waals surface area contributed by atoms with Gasteiger partial charge in [0.15, 0.2) is 10.3 Å². The van der Waals surface area contributed by atoms with Crippen LogP contribution in [0.5, 0.6) is 0 Å². The van der Waals surface area contributed by atoms with E-state index in [1.54, 1.807) is 6.20 Å². The van der Waals surface area contributed by atoms with E-state index in [2.05, 4.69) is 32.2 Å². The van der Waals surface area contributed by atoms with Gasteiger partial charge < -0.3 is 5.32 Å². The highest BCUT2D eigenvalue weighted by atomic mass is 32.2. The summed E-state index contributed by atoms with van der Waals surface area (Å²) in [4.78, 5) is 17.0. The van der Waals surface area contributed by atoms with Crippen LogP contribution in [0.3, 0.4) is 0 Å². The smallest absolute Gasteiger partial charge is 0.195 e. The monoisotopic (exact) mass is 261 g/mol. The summed E-state index contributed by atoms with van der Waals surface area (Å²) >= 11 is 1.37. The molecule has 2 heterocycles. The molecule has 0 aliphatic heterocycles. The standard InChI is InChI=1S/C12H15N5S/c1-3-13-6-10-7-15-11(16-8-10)18-12-14-5-4-9(2)17-12/h4-5,7-8,13H,3,6H2,1-2H3. The molecule has 0 amide bonds. The second-order valence-corrected chi connectivity index (χ2v) is 4.67. The van der Waals surface area contributed by atoms with Gasteiger partial charge in [-0.3, -0.25) is 0 Å². The van der Waals surface area contributed by atoms with E-state index in [1.807, 2.05) is 25.4 Å². The Morgan fingerprint density at radius 3 is 2.61 bits per heavy atom. The number of hydrogen-bond donors (Lipinski definition) is 1. The molecule has 0 atom stereocenters. The third-order valence-electron chi connectivity index (χ3n) is 2.22. The Morgan fingerprint density at radius 1 is 1.17 bits per heavy atom. The molecular weight excluding hydrogens is 246 g/mol. The Bertz CT molecular complexity index is 500. The molecule has 0 aromatic carbocycles. The predicted molar refractivity (Wildman–Crippen MR) is 70.3 cm³/mol. The Balaban J connectivity index is 2.02. The summed E-state index contributed by atoms with van der Waals surface area (Å²) in [7, 11) is 0. The summed E-state index contributed by atoms with van der Waals surface area (Å²) in [5.74, 6) is 0. The van der Waals surface area contributed by atoms with E-state index in [1.165, 1.54) is 11.8 Å². The third kappa shape index (κ3) is 3.75. The van der Waals surface area contributed by atoms with E-state index in [-0.39, 0.29) is 0 Å². The van der Waals surface area contributed by atoms with Crippen molar-refractivity contribution in [1.82, 2.24) is 25.3 Å². The minimum atomic E-state index is 0.667. The zero-order valence-corrected chi connectivity index (χ0v) is 11.2. The van der Waals surface area contributed by atoms with Gasteiger partial charge in [-0.15, -0.1) is 0 Å². The van der Waals surface area contributed by atoms with Gasteiger partial charge in [-0.05, 0) is 31.3 Å². The van der Waals surface area contributed by atoms with Crippen LogP contribution in [0.15, 0.2) is 35.0 Å². The maximum absolute atomic E-state index is 4.30. The fourth-order valence-electron chi connectivity index (χ4n) is 1.31. The van der Waals surface area contributed by atoms with Crippen molar-refractivity contribution in [1.29, 1.82) is 0 Å². The lowest BCUT2D eigenvalue weighted by molar-refractivity contribution is 0.716. The first-order valence-corrected chi connectivity index (χ1v) is 6.58. The summed E-state index contributed by atoms with van der Waals surface area (Å²) in [5, 5.41) is 4.57. The van der Waals surface area contributed by atoms with Gasteiger partial charge >= 0.3 is 0 Å². The molecule has 0 fully saturated rings. The van der Waals surface area contributed by atoms with Gasteiger partial charge in [-0.25, -0.2) is 19.9 Å². The minimum absolute atomic E-state index is 0.667. The normalized spacial score (nSPS) is 10.6. The van der Waals surface area contributed by atoms with Crippen molar-refractivity contribution >= 4 is 11.8 Å². The Morgan fingerprint density at radius 2 is 1.94 bits per heavy atom. The maximum atomic E-state index is 4.30. The Kier molecular flexibility index (Phi) is 4.60. The SMILES string of the molecule is CCNCc1cnc(Sc2nccc(C)n2)nc1. The number of hydrogen-bond acceptors (Lipinski definition) is 6. The van der Waals surface area contributed by atoms with Gasteiger partial charge in [0.25, 0.3) is 0 Å². The molecule has 2 aromatic heterocycles. The van der Waals surface area contributed by atoms with Crippen molar-refractivity contribution < 1.29 is 0 Å². The van der Waals surface area contributed by atoms with Crippen LogP contribution in [0.1, 0.15) is 18.2 Å². The molecule has 2 rings (SSSR count). The van der Waals surface area contributed by atoms with Crippen molar-refractivity contribution in [2.75, 3.05) is 6.54 Å². The van der Waals surface area contributed by atoms with Crippen molar-refractivity contribution in [2.24, 2.45) is 0 Å². The lowest BCUT2D eigenvalue weighted by Crippen LogP contribution is -2.12. The van der Waals surface area contributed by atoms with Crippen LogP contribution in [0.4, 0.5) is 0 Å². The highest BCUT2D eigenvalue weighted by Crippen LogP contribution is 2.19. The summed E-state index contributed by atoms with van der Waals surface area (Å²) in [6.07, 6.45) is 5.39. The van der Waals surface area contributed by atoms with E-state index in [4.69, 9.17) is 0 Å². The molecule has 0 saturated heterocycles. The predicted octanol–water partition coefficient (Wildman–Crippen LogP) is 1.84. The highest BCUT2D eigenvalue weighted by molar-refractivity contribution is 7.99. The lowest BCUT2D eigenvalue weighted by atomic mass is 10.3. The number of aryl methyl sites for hydroxylation is 1. The van der Waals surface area contributed by atoms with Gasteiger partial charge in [0.2, 0.25) is 0 Å². The topological polar surface area (TPSA) is 63.6 Å². The molecule has 0 bridgehead atoms. The average Bonchev–Trinajstić information content (AvgIpc) is 2.38. The first-order chi connectivity index (χ1) is 8.78. The lowest BCUT2D eigenvalue weighted by Gasteiger charge is -2.02. The molecule has 0 saturated carbocycles. The van der Waals surface area contributed by atoms with Crippen molar-refractivity contribution in [3.05, 3.63) is 35.9 Å². The number of nitrogens with zero attached hydrogens (tertiary/aromatic N) is 4. The van der Waals surface area contributed by atoms with Crippen LogP contribution in [0.25, 0.3) is 0 Å². The van der Waals surface area contributed by atoms with Gasteiger partial charge in [0.05, 0.1) is 0 Å². The van der Waals surface area contributed by atoms with Crippen molar-refractivity contribution in [2.45, 2.75) is 30.7 Å². The molecular formula is C12H15N5S. The van der Waals surface area contributed by atoms with Crippen LogP contribution >= 0.6 is 11.8 Å². The molecule has 5 nitrogen and oxygen atoms in total. The Hall–Kier alpha value is -1.53. The molecule has 94 valence electrons. The largest absolute Gasteiger partial charge is 0.313 e. The van der Waals surface area contributed by atoms with E-state index in [9.17, 15) is 0 Å². The second kappa shape index (κ2) is 6.42. The molecule has 0 aliphatic carbocycles. The van der Waals surface area contributed by atoms with E-state index < -0.39 is 0 Å². The molecule has 0 unspecified atom stereocenters. The quantitative estimate of drug-likeness (QED) is 0.829. The molecule has 2 aromatic rings. The molecule has 1 N–H and O–H groups in total. The summed E-state index contributed by atoms with van der Waals surface area (Å²) in [5.41, 5.74) is 2.02. The molecule has 18 heavy (non-hydrogen) atoms. The number of nitrogens with one attached hydrogen (secondary N) is 1. The first kappa shape index (κ1) is 12.9. The number of aromatic nitrogens is 4. The van der Waals surface area contributed by atoms with Crippen LogP contribution < -0.4 is 5.32 Å². The maximum Gasteiger partial charge on any atom is 0.195 e. The summed E-state index contributed by atoms with van der Waals surface area (Å²) < 4.78 is 0. The first-order valence-electron chi connectivity index (χ1n) is 5.77. The summed E-state index contributed by atoms with van der Waals surface area (Å²) in [6.45, 7) is 5.74. The van der Waals surface area contributed by atoms with Gasteiger partial charge in [-0.2, -0.15) is 0 Å². The second-order valence-electron chi connectivity index (χ2n) is 3.74. The van der Waals surface area contributed by atoms with Gasteiger partial charge in [0.1, 0.15) is 0 Å². The van der Waals surface area contributed by atoms with E-state index >= 15 is 0 Å². The fourth-order valence-corrected chi connectivity index (χ4v) is 1.99. The summed E-state index contributed by atoms with van der Waals surface area (Å²) in [6, 6.07) is 1.87. The van der Waals surface area contributed by atoms with Crippen LogP contribution in [-0.4, -0.2) is 26.5 Å². The van der Waals surface area contributed by atoms with Gasteiger partial charge in [0, 0.05) is 36.4 Å². The van der Waals surface area contributed by atoms with Crippen LogP contribution in [-0.2, 0) is 6.54 Å². The number of rotatable bonds is 5. The van der Waals surface area contributed by atoms with Crippen LogP contribution in [0.2, 0.25) is 0 Å². The third-order valence-corrected chi connectivity index (χ3v) is 2.99. The highest BCUT2D eigenvalue weighted by Gasteiger charge is 2.03. The molecule has 6 heteroatoms. The Labute approximate surface area is 110 Å². The van der Waals surface area contributed by atoms with Gasteiger partial charge in [-0.1, -0.05) is 6.92 Å².